The summed E-state index contributed by atoms with van der Waals surface area (Å²) in [6.07, 6.45) is 3.93. The summed E-state index contributed by atoms with van der Waals surface area (Å²) >= 11 is 1.66. The van der Waals surface area contributed by atoms with Gasteiger partial charge in [-0.1, -0.05) is 6.92 Å². The molecule has 0 aromatic carbocycles. The number of rotatable bonds is 4. The van der Waals surface area contributed by atoms with Crippen molar-refractivity contribution in [1.82, 2.24) is 9.38 Å². The molecule has 0 aliphatic rings. The molecule has 2 rings (SSSR count). The highest BCUT2D eigenvalue weighted by Crippen LogP contribution is 2.24. The standard InChI is InChI=1S/C11H18N4S/c1-4-8(12)7-9-10(14(2)3)13-11-15(9)5-6-16-11/h5-6,8H,4,7,12H2,1-3H3. The molecule has 4 nitrogen and oxygen atoms in total. The first-order valence-electron chi connectivity index (χ1n) is 5.50. The summed E-state index contributed by atoms with van der Waals surface area (Å²) in [4.78, 5) is 7.71. The lowest BCUT2D eigenvalue weighted by Crippen LogP contribution is -2.23. The zero-order valence-electron chi connectivity index (χ0n) is 9.97. The molecule has 2 aromatic heterocycles. The van der Waals surface area contributed by atoms with E-state index >= 15 is 0 Å². The second kappa shape index (κ2) is 4.43. The normalized spacial score (nSPS) is 13.2. The number of imidazole rings is 1. The van der Waals surface area contributed by atoms with Gasteiger partial charge in [-0.05, 0) is 6.42 Å². The Bertz CT molecular complexity index is 471. The summed E-state index contributed by atoms with van der Waals surface area (Å²) < 4.78 is 2.15. The van der Waals surface area contributed by atoms with Crippen LogP contribution in [0.4, 0.5) is 5.82 Å². The Kier molecular flexibility index (Phi) is 3.16. The molecule has 2 heterocycles. The molecule has 0 amide bonds. The fraction of sp³-hybridized carbons (Fsp3) is 0.545. The summed E-state index contributed by atoms with van der Waals surface area (Å²) in [5, 5.41) is 2.06. The minimum absolute atomic E-state index is 0.207. The van der Waals surface area contributed by atoms with Crippen LogP contribution in [-0.2, 0) is 6.42 Å². The Morgan fingerprint density at radius 1 is 1.56 bits per heavy atom. The number of hydrogen-bond acceptors (Lipinski definition) is 4. The maximum Gasteiger partial charge on any atom is 0.195 e. The van der Waals surface area contributed by atoms with Crippen molar-refractivity contribution >= 4 is 22.1 Å². The molecular weight excluding hydrogens is 220 g/mol. The molecule has 2 aromatic rings. The highest BCUT2D eigenvalue weighted by atomic mass is 32.1. The predicted molar refractivity (Wildman–Crippen MR) is 69.4 cm³/mol. The van der Waals surface area contributed by atoms with E-state index in [4.69, 9.17) is 5.73 Å². The first-order valence-corrected chi connectivity index (χ1v) is 6.38. The number of anilines is 1. The predicted octanol–water partition coefficient (Wildman–Crippen LogP) is 1.74. The molecule has 16 heavy (non-hydrogen) atoms. The second-order valence-electron chi connectivity index (χ2n) is 4.20. The van der Waals surface area contributed by atoms with Gasteiger partial charge >= 0.3 is 0 Å². The lowest BCUT2D eigenvalue weighted by atomic mass is 10.1. The lowest BCUT2D eigenvalue weighted by Gasteiger charge is -2.14. The average molecular weight is 238 g/mol. The monoisotopic (exact) mass is 238 g/mol. The first-order chi connectivity index (χ1) is 7.63. The molecule has 5 heteroatoms. The molecule has 1 unspecified atom stereocenters. The van der Waals surface area contributed by atoms with Crippen molar-refractivity contribution in [3.8, 4) is 0 Å². The Morgan fingerprint density at radius 2 is 2.31 bits per heavy atom. The highest BCUT2D eigenvalue weighted by Gasteiger charge is 2.16. The van der Waals surface area contributed by atoms with Crippen LogP contribution < -0.4 is 10.6 Å². The quantitative estimate of drug-likeness (QED) is 0.882. The number of nitrogens with zero attached hydrogens (tertiary/aromatic N) is 3. The van der Waals surface area contributed by atoms with Crippen LogP contribution in [0.5, 0.6) is 0 Å². The minimum atomic E-state index is 0.207. The molecule has 1 atom stereocenters. The van der Waals surface area contributed by atoms with E-state index in [1.54, 1.807) is 11.3 Å². The van der Waals surface area contributed by atoms with E-state index < -0.39 is 0 Å². The van der Waals surface area contributed by atoms with Crippen LogP contribution in [0.1, 0.15) is 19.0 Å². The van der Waals surface area contributed by atoms with Gasteiger partial charge in [0, 0.05) is 38.1 Å². The minimum Gasteiger partial charge on any atom is -0.361 e. The third-order valence-electron chi connectivity index (χ3n) is 2.74. The van der Waals surface area contributed by atoms with E-state index in [1.165, 1.54) is 5.69 Å². The molecule has 0 fully saturated rings. The average Bonchev–Trinajstić information content (AvgIpc) is 2.80. The molecule has 88 valence electrons. The first kappa shape index (κ1) is 11.4. The van der Waals surface area contributed by atoms with Gasteiger partial charge in [-0.2, -0.15) is 0 Å². The summed E-state index contributed by atoms with van der Waals surface area (Å²) in [7, 11) is 4.04. The van der Waals surface area contributed by atoms with Gasteiger partial charge in [-0.15, -0.1) is 11.3 Å². The summed E-state index contributed by atoms with van der Waals surface area (Å²) in [5.74, 6) is 1.04. The van der Waals surface area contributed by atoms with Crippen LogP contribution in [0.25, 0.3) is 4.96 Å². The number of fused-ring (bicyclic) bond motifs is 1. The van der Waals surface area contributed by atoms with Crippen molar-refractivity contribution in [3.63, 3.8) is 0 Å². The number of aromatic nitrogens is 2. The molecule has 0 spiro atoms. The van der Waals surface area contributed by atoms with Gasteiger partial charge < -0.3 is 10.6 Å². The van der Waals surface area contributed by atoms with Crippen molar-refractivity contribution in [1.29, 1.82) is 0 Å². The second-order valence-corrected chi connectivity index (χ2v) is 5.08. The Balaban J connectivity index is 2.45. The number of hydrogen-bond donors (Lipinski definition) is 1. The van der Waals surface area contributed by atoms with Crippen LogP contribution >= 0.6 is 11.3 Å². The number of thiazole rings is 1. The zero-order chi connectivity index (χ0) is 11.7. The highest BCUT2D eigenvalue weighted by molar-refractivity contribution is 7.15. The molecule has 2 N–H and O–H groups in total. The molecule has 0 saturated carbocycles. The zero-order valence-corrected chi connectivity index (χ0v) is 10.8. The summed E-state index contributed by atoms with van der Waals surface area (Å²) in [5.41, 5.74) is 7.25. The fourth-order valence-electron chi connectivity index (χ4n) is 1.76. The smallest absolute Gasteiger partial charge is 0.195 e. The van der Waals surface area contributed by atoms with E-state index in [2.05, 4.69) is 32.8 Å². The molecule has 0 bridgehead atoms. The van der Waals surface area contributed by atoms with E-state index in [0.29, 0.717) is 0 Å². The van der Waals surface area contributed by atoms with E-state index in [-0.39, 0.29) is 6.04 Å². The van der Waals surface area contributed by atoms with Crippen molar-refractivity contribution in [2.24, 2.45) is 5.73 Å². The summed E-state index contributed by atoms with van der Waals surface area (Å²) in [6, 6.07) is 0.207. The van der Waals surface area contributed by atoms with E-state index in [1.807, 2.05) is 14.1 Å². The molecule has 0 saturated heterocycles. The van der Waals surface area contributed by atoms with Crippen molar-refractivity contribution < 1.29 is 0 Å². The van der Waals surface area contributed by atoms with Crippen LogP contribution in [0.2, 0.25) is 0 Å². The number of nitrogens with two attached hydrogens (primary N) is 1. The Morgan fingerprint density at radius 3 is 2.94 bits per heavy atom. The SMILES string of the molecule is CCC(N)Cc1c(N(C)C)nc2sccn12. The van der Waals surface area contributed by atoms with Crippen LogP contribution in [0, 0.1) is 0 Å². The van der Waals surface area contributed by atoms with Crippen molar-refractivity contribution in [2.75, 3.05) is 19.0 Å². The van der Waals surface area contributed by atoms with Gasteiger partial charge in [0.05, 0.1) is 5.69 Å². The fourth-order valence-corrected chi connectivity index (χ4v) is 2.49. The van der Waals surface area contributed by atoms with Gasteiger partial charge in [0.1, 0.15) is 0 Å². The maximum absolute atomic E-state index is 6.04. The largest absolute Gasteiger partial charge is 0.361 e. The van der Waals surface area contributed by atoms with Gasteiger partial charge in [-0.25, -0.2) is 4.98 Å². The van der Waals surface area contributed by atoms with Gasteiger partial charge in [-0.3, -0.25) is 4.40 Å². The van der Waals surface area contributed by atoms with Gasteiger partial charge in [0.2, 0.25) is 0 Å². The molecule has 0 radical (unpaired) electrons. The molecular formula is C11H18N4S. The Labute approximate surface area is 99.7 Å². The molecule has 0 aliphatic heterocycles. The third kappa shape index (κ3) is 1.92. The topological polar surface area (TPSA) is 46.6 Å². The van der Waals surface area contributed by atoms with E-state index in [0.717, 1.165) is 23.6 Å². The third-order valence-corrected chi connectivity index (χ3v) is 3.50. The lowest BCUT2D eigenvalue weighted by molar-refractivity contribution is 0.634. The molecule has 0 aliphatic carbocycles. The van der Waals surface area contributed by atoms with Crippen LogP contribution in [-0.4, -0.2) is 29.5 Å². The van der Waals surface area contributed by atoms with Crippen molar-refractivity contribution in [3.05, 3.63) is 17.3 Å². The van der Waals surface area contributed by atoms with Crippen molar-refractivity contribution in [2.45, 2.75) is 25.8 Å². The van der Waals surface area contributed by atoms with Gasteiger partial charge in [0.25, 0.3) is 0 Å². The Hall–Kier alpha value is -1.07. The summed E-state index contributed by atoms with van der Waals surface area (Å²) in [6.45, 7) is 2.12. The van der Waals surface area contributed by atoms with Gasteiger partial charge in [0.15, 0.2) is 10.8 Å². The van der Waals surface area contributed by atoms with E-state index in [9.17, 15) is 0 Å². The van der Waals surface area contributed by atoms with Crippen LogP contribution in [0.15, 0.2) is 11.6 Å². The van der Waals surface area contributed by atoms with Crippen LogP contribution in [0.3, 0.4) is 0 Å². The maximum atomic E-state index is 6.04.